The smallest absolute Gasteiger partial charge is 0.291 e. The minimum atomic E-state index is -0.139. The molecule has 5 heterocycles. The highest BCUT2D eigenvalue weighted by Crippen LogP contribution is 2.30. The summed E-state index contributed by atoms with van der Waals surface area (Å²) in [5.41, 5.74) is 2.61. The van der Waals surface area contributed by atoms with Crippen LogP contribution in [0.2, 0.25) is 0 Å². The Labute approximate surface area is 184 Å². The minimum absolute atomic E-state index is 0.0393. The van der Waals surface area contributed by atoms with Gasteiger partial charge in [-0.25, -0.2) is 15.0 Å². The molecule has 0 atom stereocenters. The lowest BCUT2D eigenvalue weighted by molar-refractivity contribution is 0.0714. The number of carbonyl (C=O) groups excluding carboxylic acids is 1. The van der Waals surface area contributed by atoms with Crippen molar-refractivity contribution in [3.05, 3.63) is 48.9 Å². The van der Waals surface area contributed by atoms with Crippen LogP contribution >= 0.6 is 0 Å². The first-order valence-corrected chi connectivity index (χ1v) is 10.5. The molecule has 1 amide bonds. The number of nitrogens with one attached hydrogen (secondary N) is 1. The summed E-state index contributed by atoms with van der Waals surface area (Å²) in [4.78, 5) is 29.1. The van der Waals surface area contributed by atoms with Gasteiger partial charge >= 0.3 is 0 Å². The molecule has 4 aromatic heterocycles. The number of hydrogen-bond donors (Lipinski definition) is 1. The average molecular weight is 433 g/mol. The lowest BCUT2D eigenvalue weighted by Gasteiger charge is -2.35. The number of H-pyrrole nitrogens is 1. The largest absolute Gasteiger partial charge is 0.475 e. The molecule has 1 saturated heterocycles. The first-order valence-electron chi connectivity index (χ1n) is 10.5. The van der Waals surface area contributed by atoms with Crippen LogP contribution in [-0.4, -0.2) is 68.2 Å². The van der Waals surface area contributed by atoms with Gasteiger partial charge in [-0.3, -0.25) is 9.89 Å². The summed E-state index contributed by atoms with van der Waals surface area (Å²) in [5.74, 6) is 1.54. The molecule has 4 aromatic rings. The maximum Gasteiger partial charge on any atom is 0.291 e. The van der Waals surface area contributed by atoms with Gasteiger partial charge < -0.3 is 19.0 Å². The monoisotopic (exact) mass is 433 g/mol. The van der Waals surface area contributed by atoms with Crippen molar-refractivity contribution in [2.75, 3.05) is 31.1 Å². The number of ether oxygens (including phenoxy) is 1. The molecule has 0 spiro atoms. The van der Waals surface area contributed by atoms with E-state index in [0.29, 0.717) is 32.1 Å². The van der Waals surface area contributed by atoms with Crippen molar-refractivity contribution in [2.24, 2.45) is 0 Å². The van der Waals surface area contributed by atoms with Crippen LogP contribution in [0.5, 0.6) is 5.88 Å². The molecular formula is C22H23N7O3. The summed E-state index contributed by atoms with van der Waals surface area (Å²) in [6, 6.07) is 5.86. The SMILES string of the molecule is CC(C)Oc1cc2c(-c3ccnc(N4CCN(C(=O)c5cnco5)CC4)c3)n[nH]c2cn1. The van der Waals surface area contributed by atoms with E-state index in [9.17, 15) is 4.79 Å². The zero-order valence-electron chi connectivity index (χ0n) is 17.9. The van der Waals surface area contributed by atoms with Crippen LogP contribution in [0.15, 0.2) is 47.6 Å². The van der Waals surface area contributed by atoms with Gasteiger partial charge in [0.15, 0.2) is 6.39 Å². The fraction of sp³-hybridized carbons (Fsp3) is 0.318. The van der Waals surface area contributed by atoms with Crippen molar-refractivity contribution in [2.45, 2.75) is 20.0 Å². The van der Waals surface area contributed by atoms with Gasteiger partial charge in [0.25, 0.3) is 5.91 Å². The molecule has 0 unspecified atom stereocenters. The Kier molecular flexibility index (Phi) is 5.18. The van der Waals surface area contributed by atoms with Crippen LogP contribution in [0.1, 0.15) is 24.4 Å². The van der Waals surface area contributed by atoms with E-state index in [1.54, 1.807) is 17.3 Å². The number of hydrogen-bond acceptors (Lipinski definition) is 8. The molecule has 1 aliphatic rings. The summed E-state index contributed by atoms with van der Waals surface area (Å²) in [5, 5.41) is 8.48. The Hall–Kier alpha value is -3.95. The molecule has 0 aliphatic carbocycles. The standard InChI is InChI=1S/C22H23N7O3/c1-14(2)32-20-10-16-17(11-25-20)26-27-21(16)15-3-4-24-19(9-15)28-5-7-29(8-6-28)22(30)18-12-23-13-31-18/h3-4,9-14H,5-8H2,1-2H3,(H,26,27). The molecular weight excluding hydrogens is 410 g/mol. The lowest BCUT2D eigenvalue weighted by atomic mass is 10.1. The second-order valence-corrected chi connectivity index (χ2v) is 7.85. The topological polar surface area (TPSA) is 113 Å². The third kappa shape index (κ3) is 3.86. The fourth-order valence-corrected chi connectivity index (χ4v) is 3.78. The summed E-state index contributed by atoms with van der Waals surface area (Å²) in [6.07, 6.45) is 6.27. The summed E-state index contributed by atoms with van der Waals surface area (Å²) in [6.45, 7) is 6.45. The normalized spacial score (nSPS) is 14.3. The number of rotatable bonds is 5. The molecule has 10 heteroatoms. The van der Waals surface area contributed by atoms with Gasteiger partial charge in [0, 0.05) is 49.4 Å². The third-order valence-corrected chi connectivity index (χ3v) is 5.33. The number of fused-ring (bicyclic) bond motifs is 1. The van der Waals surface area contributed by atoms with E-state index < -0.39 is 0 Å². The van der Waals surface area contributed by atoms with E-state index in [0.717, 1.165) is 28.0 Å². The van der Waals surface area contributed by atoms with Gasteiger partial charge in [0.05, 0.1) is 24.0 Å². The summed E-state index contributed by atoms with van der Waals surface area (Å²) in [7, 11) is 0. The Bertz CT molecular complexity index is 1230. The molecule has 32 heavy (non-hydrogen) atoms. The Morgan fingerprint density at radius 1 is 1.16 bits per heavy atom. The van der Waals surface area contributed by atoms with Gasteiger partial charge in [0.2, 0.25) is 11.6 Å². The van der Waals surface area contributed by atoms with Crippen LogP contribution < -0.4 is 9.64 Å². The van der Waals surface area contributed by atoms with Crippen LogP contribution in [-0.2, 0) is 0 Å². The molecule has 164 valence electrons. The van der Waals surface area contributed by atoms with Crippen molar-refractivity contribution in [1.82, 2.24) is 30.0 Å². The second-order valence-electron chi connectivity index (χ2n) is 7.85. The second kappa shape index (κ2) is 8.29. The highest BCUT2D eigenvalue weighted by molar-refractivity contribution is 5.93. The maximum atomic E-state index is 12.5. The number of pyridine rings is 2. The zero-order valence-corrected chi connectivity index (χ0v) is 17.9. The van der Waals surface area contributed by atoms with E-state index in [2.05, 4.69) is 30.0 Å². The molecule has 0 bridgehead atoms. The summed E-state index contributed by atoms with van der Waals surface area (Å²) >= 11 is 0. The van der Waals surface area contributed by atoms with Crippen molar-refractivity contribution >= 4 is 22.6 Å². The third-order valence-electron chi connectivity index (χ3n) is 5.33. The molecule has 0 saturated carbocycles. The number of carbonyl (C=O) groups is 1. The van der Waals surface area contributed by atoms with Crippen LogP contribution in [0.3, 0.4) is 0 Å². The fourth-order valence-electron chi connectivity index (χ4n) is 3.78. The lowest BCUT2D eigenvalue weighted by Crippen LogP contribution is -2.49. The van der Waals surface area contributed by atoms with Gasteiger partial charge in [0.1, 0.15) is 11.5 Å². The molecule has 10 nitrogen and oxygen atoms in total. The van der Waals surface area contributed by atoms with Gasteiger partial charge in [-0.2, -0.15) is 5.10 Å². The molecule has 1 fully saturated rings. The summed E-state index contributed by atoms with van der Waals surface area (Å²) < 4.78 is 10.9. The number of amides is 1. The number of piperazine rings is 1. The van der Waals surface area contributed by atoms with Gasteiger partial charge in [-0.05, 0) is 26.0 Å². The van der Waals surface area contributed by atoms with E-state index >= 15 is 0 Å². The molecule has 1 N–H and O–H groups in total. The van der Waals surface area contributed by atoms with E-state index in [-0.39, 0.29) is 17.8 Å². The number of anilines is 1. The van der Waals surface area contributed by atoms with E-state index in [4.69, 9.17) is 9.15 Å². The molecule has 0 aromatic carbocycles. The van der Waals surface area contributed by atoms with E-state index in [1.165, 1.54) is 12.6 Å². The van der Waals surface area contributed by atoms with Crippen LogP contribution in [0, 0.1) is 0 Å². The highest BCUT2D eigenvalue weighted by Gasteiger charge is 2.25. The maximum absolute atomic E-state index is 12.5. The molecule has 0 radical (unpaired) electrons. The number of aromatic nitrogens is 5. The van der Waals surface area contributed by atoms with E-state index in [1.807, 2.05) is 32.0 Å². The molecule has 5 rings (SSSR count). The number of oxazole rings is 1. The number of aromatic amines is 1. The highest BCUT2D eigenvalue weighted by atomic mass is 16.5. The van der Waals surface area contributed by atoms with Gasteiger partial charge in [-0.15, -0.1) is 0 Å². The number of nitrogens with zero attached hydrogens (tertiary/aromatic N) is 6. The minimum Gasteiger partial charge on any atom is -0.475 e. The van der Waals surface area contributed by atoms with Crippen LogP contribution in [0.4, 0.5) is 5.82 Å². The average Bonchev–Trinajstić information content (AvgIpc) is 3.49. The van der Waals surface area contributed by atoms with Crippen molar-refractivity contribution in [3.8, 4) is 17.1 Å². The van der Waals surface area contributed by atoms with Crippen molar-refractivity contribution in [3.63, 3.8) is 0 Å². The Morgan fingerprint density at radius 2 is 2.00 bits per heavy atom. The van der Waals surface area contributed by atoms with Crippen molar-refractivity contribution in [1.29, 1.82) is 0 Å². The van der Waals surface area contributed by atoms with Crippen LogP contribution in [0.25, 0.3) is 22.2 Å². The predicted octanol–water partition coefficient (Wildman–Crippen LogP) is 2.76. The Morgan fingerprint density at radius 3 is 2.75 bits per heavy atom. The first kappa shape index (κ1) is 20.0. The molecule has 1 aliphatic heterocycles. The predicted molar refractivity (Wildman–Crippen MR) is 118 cm³/mol. The quantitative estimate of drug-likeness (QED) is 0.511. The van der Waals surface area contributed by atoms with Crippen molar-refractivity contribution < 1.29 is 13.9 Å². The zero-order chi connectivity index (χ0) is 22.1. The first-order chi connectivity index (χ1) is 15.6. The Balaban J connectivity index is 1.35. The van der Waals surface area contributed by atoms with Gasteiger partial charge in [-0.1, -0.05) is 0 Å².